The molecule has 1 unspecified atom stereocenters. The van der Waals surface area contributed by atoms with Crippen molar-refractivity contribution in [1.82, 2.24) is 20.1 Å². The van der Waals surface area contributed by atoms with Crippen molar-refractivity contribution in [1.29, 1.82) is 5.41 Å². The zero-order chi connectivity index (χ0) is 33.1. The number of hydrogen-bond acceptors (Lipinski definition) is 8. The highest BCUT2D eigenvalue weighted by Crippen LogP contribution is 2.34. The number of rotatable bonds is 12. The number of ether oxygens (including phenoxy) is 2. The van der Waals surface area contributed by atoms with Crippen molar-refractivity contribution in [2.45, 2.75) is 26.2 Å². The van der Waals surface area contributed by atoms with Crippen LogP contribution in [0.2, 0.25) is 0 Å². The molecule has 4 aromatic rings. The van der Waals surface area contributed by atoms with Crippen LogP contribution < -0.4 is 31.9 Å². The first kappa shape index (κ1) is 33.6. The molecule has 1 aromatic heterocycles. The van der Waals surface area contributed by atoms with Crippen LogP contribution in [0.5, 0.6) is 11.5 Å². The summed E-state index contributed by atoms with van der Waals surface area (Å²) in [5.41, 5.74) is 13.3. The molecule has 3 aromatic carbocycles. The van der Waals surface area contributed by atoms with Crippen LogP contribution in [0.1, 0.15) is 52.6 Å². The molecule has 0 radical (unpaired) electrons. The lowest BCUT2D eigenvalue weighted by atomic mass is 9.90. The van der Waals surface area contributed by atoms with Gasteiger partial charge in [-0.3, -0.25) is 24.8 Å². The molecule has 0 saturated carbocycles. The summed E-state index contributed by atoms with van der Waals surface area (Å²) in [5.74, 6) is -1.18. The molecule has 14 heteroatoms. The smallest absolute Gasteiger partial charge is 0.348 e. The number of aromatic amines is 1. The van der Waals surface area contributed by atoms with Gasteiger partial charge in [-0.2, -0.15) is 4.68 Å². The Hall–Kier alpha value is -5.92. The third-order valence-electron chi connectivity index (χ3n) is 6.38. The second kappa shape index (κ2) is 15.5. The van der Waals surface area contributed by atoms with Crippen molar-refractivity contribution < 1.29 is 29.0 Å². The number of hydrogen-bond donors (Lipinski definition) is 6. The predicted molar refractivity (Wildman–Crippen MR) is 166 cm³/mol. The Bertz CT molecular complexity index is 1720. The lowest BCUT2D eigenvalue weighted by molar-refractivity contribution is -0.134. The number of aromatic nitrogens is 3. The molecule has 0 aliphatic carbocycles. The number of nitrogens with one attached hydrogen (secondary N) is 3. The first-order valence-electron chi connectivity index (χ1n) is 13.8. The third kappa shape index (κ3) is 9.03. The Morgan fingerprint density at radius 2 is 1.71 bits per heavy atom. The molecule has 2 amide bonds. The molecule has 4 rings (SSSR count). The van der Waals surface area contributed by atoms with E-state index >= 15 is 0 Å². The molecule has 45 heavy (non-hydrogen) atoms. The van der Waals surface area contributed by atoms with E-state index in [9.17, 15) is 14.4 Å². The van der Waals surface area contributed by atoms with Crippen molar-refractivity contribution in [3.63, 3.8) is 0 Å². The fourth-order valence-corrected chi connectivity index (χ4v) is 4.30. The minimum Gasteiger partial charge on any atom is -0.490 e. The van der Waals surface area contributed by atoms with Gasteiger partial charge in [-0.25, -0.2) is 4.79 Å². The van der Waals surface area contributed by atoms with Gasteiger partial charge in [0.2, 0.25) is 0 Å². The van der Waals surface area contributed by atoms with Crippen molar-refractivity contribution >= 4 is 23.6 Å². The SMILES string of the molecule is CC(=O)O.CCOc1cc(C(Cc2ccc(C(=N)N)cc2)c2nn(-c3ccccc3C(N)=O)c(=O)[nH]2)ccc1OCC(=O)NC. The van der Waals surface area contributed by atoms with E-state index in [0.717, 1.165) is 22.7 Å². The summed E-state index contributed by atoms with van der Waals surface area (Å²) in [6.45, 7) is 3.09. The average molecular weight is 618 g/mol. The van der Waals surface area contributed by atoms with Gasteiger partial charge in [0.05, 0.1) is 17.9 Å². The minimum absolute atomic E-state index is 0.0435. The minimum atomic E-state index is -0.833. The number of para-hydroxylation sites is 1. The van der Waals surface area contributed by atoms with E-state index < -0.39 is 23.5 Å². The number of aliphatic carboxylic acids is 1. The Labute approximate surface area is 258 Å². The van der Waals surface area contributed by atoms with Crippen LogP contribution in [-0.4, -0.2) is 63.8 Å². The standard InChI is InChI=1S/C29H31N7O5.C2H4O2/c1-3-40-24-15-19(12-13-23(24)41-16-25(37)33-2)21(14-17-8-10-18(11-9-17)26(30)31)28-34-29(39)36(35-28)22-7-5-4-6-20(22)27(32)38;1-2(3)4/h4-13,15,21H,3,14,16H2,1-2H3,(H3,30,31)(H2,32,38)(H,33,37)(H,34,35,39);1H3,(H,3,4). The number of benzene rings is 3. The second-order valence-corrected chi connectivity index (χ2v) is 9.60. The molecule has 0 aliphatic heterocycles. The van der Waals surface area contributed by atoms with Crippen LogP contribution in [0.15, 0.2) is 71.5 Å². The van der Waals surface area contributed by atoms with Crippen molar-refractivity contribution in [3.8, 4) is 17.2 Å². The summed E-state index contributed by atoms with van der Waals surface area (Å²) in [6.07, 6.45) is 0.409. The maximum atomic E-state index is 13.1. The first-order valence-corrected chi connectivity index (χ1v) is 13.8. The summed E-state index contributed by atoms with van der Waals surface area (Å²) in [5, 5.41) is 22.2. The average Bonchev–Trinajstić information content (AvgIpc) is 3.39. The van der Waals surface area contributed by atoms with E-state index in [-0.39, 0.29) is 29.6 Å². The van der Waals surface area contributed by atoms with Crippen LogP contribution in [0.3, 0.4) is 0 Å². The number of primary amides is 1. The molecule has 236 valence electrons. The van der Waals surface area contributed by atoms with Gasteiger partial charge in [-0.05, 0) is 48.7 Å². The molecule has 0 saturated heterocycles. The summed E-state index contributed by atoms with van der Waals surface area (Å²) in [4.78, 5) is 48.7. The number of nitrogens with zero attached hydrogens (tertiary/aromatic N) is 2. The van der Waals surface area contributed by atoms with Gasteiger partial charge in [0, 0.05) is 25.5 Å². The van der Waals surface area contributed by atoms with Crippen molar-refractivity contribution in [2.75, 3.05) is 20.3 Å². The zero-order valence-electron chi connectivity index (χ0n) is 25.0. The van der Waals surface area contributed by atoms with E-state index in [0.29, 0.717) is 35.9 Å². The van der Waals surface area contributed by atoms with Gasteiger partial charge < -0.3 is 31.4 Å². The van der Waals surface area contributed by atoms with Crippen LogP contribution in [-0.2, 0) is 16.0 Å². The van der Waals surface area contributed by atoms with Gasteiger partial charge in [0.1, 0.15) is 11.7 Å². The first-order chi connectivity index (χ1) is 21.4. The number of amidine groups is 1. The summed E-state index contributed by atoms with van der Waals surface area (Å²) < 4.78 is 12.6. The maximum absolute atomic E-state index is 13.1. The van der Waals surface area contributed by atoms with Crippen LogP contribution in [0, 0.1) is 5.41 Å². The lowest BCUT2D eigenvalue weighted by Crippen LogP contribution is -2.25. The zero-order valence-corrected chi connectivity index (χ0v) is 25.0. The summed E-state index contributed by atoms with van der Waals surface area (Å²) in [7, 11) is 1.52. The molecule has 1 atom stereocenters. The van der Waals surface area contributed by atoms with Gasteiger partial charge >= 0.3 is 5.69 Å². The fourth-order valence-electron chi connectivity index (χ4n) is 4.30. The number of H-pyrrole nitrogens is 1. The van der Waals surface area contributed by atoms with Crippen LogP contribution in [0.4, 0.5) is 0 Å². The lowest BCUT2D eigenvalue weighted by Gasteiger charge is -2.18. The number of carbonyl (C=O) groups is 3. The Balaban J connectivity index is 0.00000130. The second-order valence-electron chi connectivity index (χ2n) is 9.60. The van der Waals surface area contributed by atoms with Crippen molar-refractivity contribution in [3.05, 3.63) is 105 Å². The predicted octanol–water partition coefficient (Wildman–Crippen LogP) is 1.93. The summed E-state index contributed by atoms with van der Waals surface area (Å²) >= 11 is 0. The van der Waals surface area contributed by atoms with E-state index in [2.05, 4.69) is 15.4 Å². The molecule has 0 aliphatic rings. The van der Waals surface area contributed by atoms with Gasteiger partial charge in [0.25, 0.3) is 17.8 Å². The third-order valence-corrected chi connectivity index (χ3v) is 6.38. The number of amides is 2. The Morgan fingerprint density at radius 3 is 2.31 bits per heavy atom. The molecule has 1 heterocycles. The largest absolute Gasteiger partial charge is 0.490 e. The number of likely N-dealkylation sites (N-methyl/N-ethyl adjacent to an activating group) is 1. The van der Waals surface area contributed by atoms with Crippen LogP contribution >= 0.6 is 0 Å². The van der Waals surface area contributed by atoms with E-state index in [4.69, 9.17) is 36.3 Å². The number of nitrogens with two attached hydrogens (primary N) is 2. The highest BCUT2D eigenvalue weighted by atomic mass is 16.5. The quantitative estimate of drug-likeness (QED) is 0.101. The Kier molecular flexibility index (Phi) is 11.6. The maximum Gasteiger partial charge on any atom is 0.348 e. The Morgan fingerprint density at radius 1 is 1.04 bits per heavy atom. The topological polar surface area (TPSA) is 228 Å². The number of nitrogen functional groups attached to an aromatic ring is 1. The van der Waals surface area contributed by atoms with E-state index in [1.165, 1.54) is 13.1 Å². The number of carboxylic acids is 1. The van der Waals surface area contributed by atoms with Crippen LogP contribution in [0.25, 0.3) is 5.69 Å². The van der Waals surface area contributed by atoms with Gasteiger partial charge in [0.15, 0.2) is 18.1 Å². The van der Waals surface area contributed by atoms with Crippen molar-refractivity contribution in [2.24, 2.45) is 11.5 Å². The molecule has 14 nitrogen and oxygen atoms in total. The molecular formula is C31H35N7O7. The van der Waals surface area contributed by atoms with E-state index in [1.807, 2.05) is 25.1 Å². The molecule has 0 fully saturated rings. The number of carboxylic acid groups (broad SMARTS) is 1. The highest BCUT2D eigenvalue weighted by molar-refractivity contribution is 5.96. The molecule has 8 N–H and O–H groups in total. The fraction of sp³-hybridized carbons (Fsp3) is 0.226. The molecular weight excluding hydrogens is 582 g/mol. The van der Waals surface area contributed by atoms with E-state index in [1.54, 1.807) is 42.5 Å². The number of carbonyl (C=O) groups excluding carboxylic acids is 2. The van der Waals surface area contributed by atoms with Gasteiger partial charge in [-0.1, -0.05) is 42.5 Å². The summed E-state index contributed by atoms with van der Waals surface area (Å²) in [6, 6.07) is 19.0. The monoisotopic (exact) mass is 617 g/mol. The van der Waals surface area contributed by atoms with Gasteiger partial charge in [-0.15, -0.1) is 5.10 Å². The normalized spacial score (nSPS) is 11.0. The highest BCUT2D eigenvalue weighted by Gasteiger charge is 2.24. The molecule has 0 spiro atoms. The molecule has 0 bridgehead atoms.